The molecule has 0 aromatic heterocycles. The molecule has 3 rings (SSSR count). The molecule has 0 bridgehead atoms. The van der Waals surface area contributed by atoms with Crippen LogP contribution in [-0.2, 0) is 16.2 Å². The third-order valence-corrected chi connectivity index (χ3v) is 5.26. The van der Waals surface area contributed by atoms with E-state index in [1.807, 2.05) is 0 Å². The van der Waals surface area contributed by atoms with E-state index in [0.717, 1.165) is 12.1 Å². The highest BCUT2D eigenvalue weighted by Gasteiger charge is 2.31. The Morgan fingerprint density at radius 1 is 1.00 bits per heavy atom. The molecular weight excluding hydrogens is 395 g/mol. The highest BCUT2D eigenvalue weighted by Crippen LogP contribution is 2.36. The second-order valence-electron chi connectivity index (χ2n) is 5.46. The van der Waals surface area contributed by atoms with Crippen molar-refractivity contribution < 1.29 is 31.1 Å². The van der Waals surface area contributed by atoms with Crippen molar-refractivity contribution in [3.05, 3.63) is 47.0 Å². The van der Waals surface area contributed by atoms with Gasteiger partial charge in [-0.3, -0.25) is 4.72 Å². The van der Waals surface area contributed by atoms with Gasteiger partial charge in [0, 0.05) is 12.5 Å². The zero-order valence-electron chi connectivity index (χ0n) is 13.1. The van der Waals surface area contributed by atoms with Crippen LogP contribution in [0.25, 0.3) is 0 Å². The van der Waals surface area contributed by atoms with Gasteiger partial charge in [-0.15, -0.1) is 0 Å². The molecule has 1 N–H and O–H groups in total. The summed E-state index contributed by atoms with van der Waals surface area (Å²) in [5, 5.41) is -0.157. The van der Waals surface area contributed by atoms with Crippen LogP contribution in [0.15, 0.2) is 41.3 Å². The summed E-state index contributed by atoms with van der Waals surface area (Å²) in [6.07, 6.45) is -3.98. The van der Waals surface area contributed by atoms with Crippen LogP contribution in [0.2, 0.25) is 5.02 Å². The van der Waals surface area contributed by atoms with Crippen LogP contribution in [0.1, 0.15) is 12.0 Å². The van der Waals surface area contributed by atoms with Gasteiger partial charge in [-0.1, -0.05) is 11.6 Å². The molecule has 0 aliphatic carbocycles. The SMILES string of the molecule is O=S(=O)(Nc1cc(C(F)(F)F)ccc1Cl)c1ccc2c(c1)OCCCO2. The molecule has 0 saturated heterocycles. The topological polar surface area (TPSA) is 64.6 Å². The number of halogens is 4. The minimum Gasteiger partial charge on any atom is -0.490 e. The monoisotopic (exact) mass is 407 g/mol. The molecule has 0 unspecified atom stereocenters. The molecule has 26 heavy (non-hydrogen) atoms. The molecule has 140 valence electrons. The molecule has 0 atom stereocenters. The van der Waals surface area contributed by atoms with E-state index in [0.29, 0.717) is 31.5 Å². The van der Waals surface area contributed by atoms with Crippen molar-refractivity contribution >= 4 is 27.3 Å². The Morgan fingerprint density at radius 3 is 2.38 bits per heavy atom. The molecule has 2 aromatic rings. The van der Waals surface area contributed by atoms with E-state index in [1.54, 1.807) is 0 Å². The lowest BCUT2D eigenvalue weighted by Crippen LogP contribution is -2.14. The fraction of sp³-hybridized carbons (Fsp3) is 0.250. The summed E-state index contributed by atoms with van der Waals surface area (Å²) in [6.45, 7) is 0.806. The molecule has 0 radical (unpaired) electrons. The van der Waals surface area contributed by atoms with Gasteiger partial charge in [0.2, 0.25) is 0 Å². The smallest absolute Gasteiger partial charge is 0.416 e. The van der Waals surface area contributed by atoms with Crippen molar-refractivity contribution in [2.45, 2.75) is 17.5 Å². The zero-order valence-corrected chi connectivity index (χ0v) is 14.7. The molecule has 1 aliphatic rings. The third-order valence-electron chi connectivity index (χ3n) is 3.57. The number of sulfonamides is 1. The number of rotatable bonds is 3. The van der Waals surface area contributed by atoms with Crippen LogP contribution in [0.4, 0.5) is 18.9 Å². The van der Waals surface area contributed by atoms with Crippen LogP contribution < -0.4 is 14.2 Å². The average molecular weight is 408 g/mol. The maximum absolute atomic E-state index is 12.8. The van der Waals surface area contributed by atoms with Gasteiger partial charge in [0.25, 0.3) is 10.0 Å². The van der Waals surface area contributed by atoms with Crippen LogP contribution in [-0.4, -0.2) is 21.6 Å². The summed E-state index contributed by atoms with van der Waals surface area (Å²) in [4.78, 5) is -0.185. The highest BCUT2D eigenvalue weighted by molar-refractivity contribution is 7.92. The van der Waals surface area contributed by atoms with Gasteiger partial charge < -0.3 is 9.47 Å². The second-order valence-corrected chi connectivity index (χ2v) is 7.55. The van der Waals surface area contributed by atoms with Crippen molar-refractivity contribution in [3.8, 4) is 11.5 Å². The molecule has 10 heteroatoms. The Balaban J connectivity index is 1.94. The summed E-state index contributed by atoms with van der Waals surface area (Å²) < 4.78 is 76.5. The van der Waals surface area contributed by atoms with Gasteiger partial charge in [0.15, 0.2) is 11.5 Å². The zero-order chi connectivity index (χ0) is 18.9. The Kier molecular flexibility index (Phi) is 4.94. The Morgan fingerprint density at radius 2 is 1.69 bits per heavy atom. The van der Waals surface area contributed by atoms with Crippen LogP contribution >= 0.6 is 11.6 Å². The number of nitrogens with one attached hydrogen (secondary N) is 1. The molecule has 0 amide bonds. The predicted octanol–water partition coefficient (Wildman–Crippen LogP) is 4.32. The van der Waals surface area contributed by atoms with Crippen molar-refractivity contribution in [1.29, 1.82) is 0 Å². The van der Waals surface area contributed by atoms with Gasteiger partial charge in [-0.25, -0.2) is 8.42 Å². The average Bonchev–Trinajstić information content (AvgIpc) is 2.80. The van der Waals surface area contributed by atoms with Crippen molar-refractivity contribution in [3.63, 3.8) is 0 Å². The molecule has 0 fully saturated rings. The summed E-state index contributed by atoms with van der Waals surface area (Å²) in [5.41, 5.74) is -1.38. The van der Waals surface area contributed by atoms with E-state index in [4.69, 9.17) is 21.1 Å². The number of hydrogen-bond acceptors (Lipinski definition) is 4. The molecular formula is C16H13ClF3NO4S. The Hall–Kier alpha value is -2.13. The summed E-state index contributed by atoms with van der Waals surface area (Å²) >= 11 is 5.84. The van der Waals surface area contributed by atoms with E-state index in [1.165, 1.54) is 18.2 Å². The van der Waals surface area contributed by atoms with Crippen molar-refractivity contribution in [1.82, 2.24) is 0 Å². The van der Waals surface area contributed by atoms with Gasteiger partial charge in [0.05, 0.1) is 34.4 Å². The van der Waals surface area contributed by atoms with E-state index in [9.17, 15) is 21.6 Å². The quantitative estimate of drug-likeness (QED) is 0.823. The number of ether oxygens (including phenoxy) is 2. The minimum absolute atomic E-state index is 0.157. The Bertz CT molecular complexity index is 932. The van der Waals surface area contributed by atoms with E-state index < -0.39 is 21.8 Å². The second kappa shape index (κ2) is 6.88. The van der Waals surface area contributed by atoms with Crippen LogP contribution in [0.5, 0.6) is 11.5 Å². The number of hydrogen-bond donors (Lipinski definition) is 1. The lowest BCUT2D eigenvalue weighted by Gasteiger charge is -2.14. The fourth-order valence-electron chi connectivity index (χ4n) is 2.29. The lowest BCUT2D eigenvalue weighted by atomic mass is 10.2. The standard InChI is InChI=1S/C16H13ClF3NO4S/c17-12-4-2-10(16(18,19)20)8-13(12)21-26(22,23)11-3-5-14-15(9-11)25-7-1-6-24-14/h2-5,8-9,21H,1,6-7H2. The summed E-state index contributed by atoms with van der Waals surface area (Å²) in [7, 11) is -4.18. The fourth-order valence-corrected chi connectivity index (χ4v) is 3.60. The maximum atomic E-state index is 12.8. The maximum Gasteiger partial charge on any atom is 0.416 e. The first-order valence-electron chi connectivity index (χ1n) is 7.46. The predicted molar refractivity (Wildman–Crippen MR) is 89.3 cm³/mol. The summed E-state index contributed by atoms with van der Waals surface area (Å²) in [6, 6.07) is 6.36. The molecule has 1 heterocycles. The van der Waals surface area contributed by atoms with E-state index in [-0.39, 0.29) is 21.4 Å². The molecule has 0 spiro atoms. The van der Waals surface area contributed by atoms with E-state index >= 15 is 0 Å². The Labute approximate surface area is 152 Å². The van der Waals surface area contributed by atoms with E-state index in [2.05, 4.69) is 4.72 Å². The highest BCUT2D eigenvalue weighted by atomic mass is 35.5. The first-order valence-corrected chi connectivity index (χ1v) is 9.32. The van der Waals surface area contributed by atoms with Crippen LogP contribution in [0, 0.1) is 0 Å². The molecule has 5 nitrogen and oxygen atoms in total. The van der Waals surface area contributed by atoms with Gasteiger partial charge >= 0.3 is 6.18 Å². The third kappa shape index (κ3) is 3.99. The first kappa shape index (κ1) is 18.7. The molecule has 2 aromatic carbocycles. The van der Waals surface area contributed by atoms with Crippen molar-refractivity contribution in [2.24, 2.45) is 0 Å². The van der Waals surface area contributed by atoms with Crippen molar-refractivity contribution in [2.75, 3.05) is 17.9 Å². The molecule has 0 saturated carbocycles. The number of fused-ring (bicyclic) bond motifs is 1. The van der Waals surface area contributed by atoms with Crippen LogP contribution in [0.3, 0.4) is 0 Å². The lowest BCUT2D eigenvalue weighted by molar-refractivity contribution is -0.137. The first-order chi connectivity index (χ1) is 12.2. The van der Waals surface area contributed by atoms with Gasteiger partial charge in [0.1, 0.15) is 0 Å². The summed E-state index contributed by atoms with van der Waals surface area (Å²) in [5.74, 6) is 0.652. The van der Waals surface area contributed by atoms with Gasteiger partial charge in [-0.05, 0) is 30.3 Å². The minimum atomic E-state index is -4.62. The number of alkyl halides is 3. The largest absolute Gasteiger partial charge is 0.490 e. The number of anilines is 1. The normalized spacial score (nSPS) is 14.6. The number of benzene rings is 2. The van der Waals surface area contributed by atoms with Gasteiger partial charge in [-0.2, -0.15) is 13.2 Å². The molecule has 1 aliphatic heterocycles.